The fraction of sp³-hybridized carbons (Fsp3) is 0.875. The van der Waals surface area contributed by atoms with Gasteiger partial charge in [-0.15, -0.1) is 12.4 Å². The van der Waals surface area contributed by atoms with E-state index >= 15 is 0 Å². The number of rotatable bonds is 3. The van der Waals surface area contributed by atoms with Crippen molar-refractivity contribution >= 4 is 18.3 Å². The van der Waals surface area contributed by atoms with Gasteiger partial charge in [-0.25, -0.2) is 0 Å². The first-order valence-electron chi connectivity index (χ1n) is 4.64. The largest absolute Gasteiger partial charge is 0.416 e. The third kappa shape index (κ3) is 4.54. The molecule has 1 rings (SSSR count). The normalized spacial score (nSPS) is 22.4. The molecular formula is C8H14ClF3N2O2. The first kappa shape index (κ1) is 15.5. The summed E-state index contributed by atoms with van der Waals surface area (Å²) in [5, 5.41) is 13.6. The summed E-state index contributed by atoms with van der Waals surface area (Å²) in [6.07, 6.45) is -6.55. The zero-order valence-electron chi connectivity index (χ0n) is 8.38. The first-order valence-corrected chi connectivity index (χ1v) is 4.64. The summed E-state index contributed by atoms with van der Waals surface area (Å²) in [6, 6.07) is 0. The Kier molecular flexibility index (Phi) is 6.06. The van der Waals surface area contributed by atoms with E-state index in [0.717, 1.165) is 0 Å². The van der Waals surface area contributed by atoms with Crippen LogP contribution in [0.3, 0.4) is 0 Å². The number of hydrogen-bond acceptors (Lipinski definition) is 3. The van der Waals surface area contributed by atoms with Crippen LogP contribution in [0.1, 0.15) is 6.42 Å². The van der Waals surface area contributed by atoms with Gasteiger partial charge in [0.2, 0.25) is 5.91 Å². The van der Waals surface area contributed by atoms with E-state index in [1.165, 1.54) is 0 Å². The monoisotopic (exact) mass is 262 g/mol. The minimum absolute atomic E-state index is 0. The van der Waals surface area contributed by atoms with E-state index in [2.05, 4.69) is 10.6 Å². The number of carbonyl (C=O) groups is 1. The summed E-state index contributed by atoms with van der Waals surface area (Å²) >= 11 is 0. The molecule has 0 aliphatic carbocycles. The van der Waals surface area contributed by atoms with E-state index in [1.54, 1.807) is 0 Å². The zero-order valence-corrected chi connectivity index (χ0v) is 9.20. The van der Waals surface area contributed by atoms with Crippen LogP contribution in [-0.4, -0.2) is 42.9 Å². The molecule has 1 amide bonds. The van der Waals surface area contributed by atoms with Crippen LogP contribution in [0.5, 0.6) is 0 Å². The summed E-state index contributed by atoms with van der Waals surface area (Å²) < 4.78 is 35.6. The number of carbonyl (C=O) groups excluding carboxylic acids is 1. The lowest BCUT2D eigenvalue weighted by Crippen LogP contribution is -2.43. The highest BCUT2D eigenvalue weighted by Crippen LogP contribution is 2.19. The maximum absolute atomic E-state index is 11.9. The zero-order chi connectivity index (χ0) is 11.5. The average Bonchev–Trinajstić information content (AvgIpc) is 2.64. The van der Waals surface area contributed by atoms with Crippen LogP contribution in [0.15, 0.2) is 0 Å². The molecule has 1 saturated heterocycles. The summed E-state index contributed by atoms with van der Waals surface area (Å²) in [4.78, 5) is 11.2. The molecule has 0 bridgehead atoms. The Balaban J connectivity index is 0.00000225. The van der Waals surface area contributed by atoms with Gasteiger partial charge >= 0.3 is 6.18 Å². The van der Waals surface area contributed by atoms with E-state index < -0.39 is 24.7 Å². The Morgan fingerprint density at radius 3 is 2.62 bits per heavy atom. The van der Waals surface area contributed by atoms with Crippen molar-refractivity contribution in [3.63, 3.8) is 0 Å². The minimum Gasteiger partial charge on any atom is -0.382 e. The standard InChI is InChI=1S/C8H13F3N2O2.ClH/c9-8(10,11)6(14)4-13-7(15)5-1-2-12-3-5;/h5-6,12,14H,1-4H2,(H,13,15);1H/t5-,6?;/m0./s1. The van der Waals surface area contributed by atoms with Crippen molar-refractivity contribution < 1.29 is 23.1 Å². The molecule has 2 atom stereocenters. The van der Waals surface area contributed by atoms with Gasteiger partial charge < -0.3 is 15.7 Å². The molecule has 1 heterocycles. The number of halogens is 4. The summed E-state index contributed by atoms with van der Waals surface area (Å²) in [7, 11) is 0. The highest BCUT2D eigenvalue weighted by molar-refractivity contribution is 5.85. The predicted octanol–water partition coefficient (Wildman–Crippen LogP) is 0.0571. The summed E-state index contributed by atoms with van der Waals surface area (Å²) in [6.45, 7) is 0.396. The van der Waals surface area contributed by atoms with Crippen LogP contribution >= 0.6 is 12.4 Å². The Morgan fingerprint density at radius 1 is 1.56 bits per heavy atom. The van der Waals surface area contributed by atoms with E-state index in [-0.39, 0.29) is 18.3 Å². The summed E-state index contributed by atoms with van der Waals surface area (Å²) in [5.74, 6) is -0.728. The Labute approximate surface area is 97.0 Å². The maximum Gasteiger partial charge on any atom is 0.416 e. The molecule has 0 saturated carbocycles. The highest BCUT2D eigenvalue weighted by Gasteiger charge is 2.38. The van der Waals surface area contributed by atoms with Crippen molar-refractivity contribution in [3.8, 4) is 0 Å². The second-order valence-electron chi connectivity index (χ2n) is 3.49. The second kappa shape index (κ2) is 6.27. The molecular weight excluding hydrogens is 249 g/mol. The third-order valence-electron chi connectivity index (χ3n) is 2.28. The van der Waals surface area contributed by atoms with Gasteiger partial charge in [0.25, 0.3) is 0 Å². The Bertz CT molecular complexity index is 232. The first-order chi connectivity index (χ1) is 6.91. The Hall–Kier alpha value is -0.530. The van der Waals surface area contributed by atoms with E-state index in [0.29, 0.717) is 19.5 Å². The molecule has 0 radical (unpaired) electrons. The van der Waals surface area contributed by atoms with Crippen LogP contribution in [0.25, 0.3) is 0 Å². The molecule has 0 spiro atoms. The third-order valence-corrected chi connectivity index (χ3v) is 2.28. The summed E-state index contributed by atoms with van der Waals surface area (Å²) in [5.41, 5.74) is 0. The Morgan fingerprint density at radius 2 is 2.19 bits per heavy atom. The predicted molar refractivity (Wildman–Crippen MR) is 53.3 cm³/mol. The smallest absolute Gasteiger partial charge is 0.382 e. The minimum atomic E-state index is -4.68. The van der Waals surface area contributed by atoms with Crippen LogP contribution < -0.4 is 10.6 Å². The lowest BCUT2D eigenvalue weighted by molar-refractivity contribution is -0.201. The van der Waals surface area contributed by atoms with Crippen molar-refractivity contribution in [2.24, 2.45) is 5.92 Å². The number of aliphatic hydroxyl groups is 1. The van der Waals surface area contributed by atoms with Gasteiger partial charge in [-0.3, -0.25) is 4.79 Å². The molecule has 1 aliphatic heterocycles. The molecule has 4 nitrogen and oxygen atoms in total. The molecule has 0 aromatic heterocycles. The van der Waals surface area contributed by atoms with Crippen molar-refractivity contribution in [1.82, 2.24) is 10.6 Å². The van der Waals surface area contributed by atoms with Crippen molar-refractivity contribution in [1.29, 1.82) is 0 Å². The van der Waals surface area contributed by atoms with Gasteiger partial charge in [-0.1, -0.05) is 0 Å². The molecule has 1 aliphatic rings. The number of nitrogens with one attached hydrogen (secondary N) is 2. The van der Waals surface area contributed by atoms with E-state index in [9.17, 15) is 18.0 Å². The lowest BCUT2D eigenvalue weighted by atomic mass is 10.1. The van der Waals surface area contributed by atoms with Crippen molar-refractivity contribution in [2.75, 3.05) is 19.6 Å². The molecule has 1 unspecified atom stereocenters. The molecule has 3 N–H and O–H groups in total. The lowest BCUT2D eigenvalue weighted by Gasteiger charge is -2.16. The molecule has 16 heavy (non-hydrogen) atoms. The van der Waals surface area contributed by atoms with Gasteiger partial charge in [-0.05, 0) is 13.0 Å². The molecule has 0 aromatic rings. The number of amides is 1. The van der Waals surface area contributed by atoms with Gasteiger partial charge in [0.05, 0.1) is 12.5 Å². The van der Waals surface area contributed by atoms with Gasteiger partial charge in [0.1, 0.15) is 0 Å². The van der Waals surface area contributed by atoms with Crippen LogP contribution in [-0.2, 0) is 4.79 Å². The van der Waals surface area contributed by atoms with Crippen LogP contribution in [0, 0.1) is 5.92 Å². The fourth-order valence-electron chi connectivity index (χ4n) is 1.34. The fourth-order valence-corrected chi connectivity index (χ4v) is 1.34. The molecule has 1 fully saturated rings. The van der Waals surface area contributed by atoms with Gasteiger partial charge in [-0.2, -0.15) is 13.2 Å². The molecule has 96 valence electrons. The number of hydrogen-bond donors (Lipinski definition) is 3. The van der Waals surface area contributed by atoms with Gasteiger partial charge in [0, 0.05) is 6.54 Å². The SMILES string of the molecule is Cl.O=C(NCC(O)C(F)(F)F)[C@H]1CCNC1. The molecule has 8 heteroatoms. The average molecular weight is 263 g/mol. The van der Waals surface area contributed by atoms with E-state index in [1.807, 2.05) is 0 Å². The van der Waals surface area contributed by atoms with Gasteiger partial charge in [0.15, 0.2) is 6.10 Å². The quantitative estimate of drug-likeness (QED) is 0.674. The number of alkyl halides is 3. The number of aliphatic hydroxyl groups excluding tert-OH is 1. The molecule has 0 aromatic carbocycles. The van der Waals surface area contributed by atoms with Crippen molar-refractivity contribution in [2.45, 2.75) is 18.7 Å². The van der Waals surface area contributed by atoms with E-state index in [4.69, 9.17) is 5.11 Å². The van der Waals surface area contributed by atoms with Crippen LogP contribution in [0.2, 0.25) is 0 Å². The topological polar surface area (TPSA) is 61.4 Å². The maximum atomic E-state index is 11.9. The second-order valence-corrected chi connectivity index (χ2v) is 3.49. The van der Waals surface area contributed by atoms with Crippen LogP contribution in [0.4, 0.5) is 13.2 Å². The van der Waals surface area contributed by atoms with Crippen molar-refractivity contribution in [3.05, 3.63) is 0 Å². The highest BCUT2D eigenvalue weighted by atomic mass is 35.5.